The van der Waals surface area contributed by atoms with Crippen molar-refractivity contribution in [3.8, 4) is 5.75 Å². The number of hydrogen-bond acceptors (Lipinski definition) is 3. The van der Waals surface area contributed by atoms with Crippen LogP contribution < -0.4 is 15.0 Å². The molecule has 1 N–H and O–H groups in total. The van der Waals surface area contributed by atoms with Crippen molar-refractivity contribution in [3.63, 3.8) is 0 Å². The molecule has 6 heteroatoms. The summed E-state index contributed by atoms with van der Waals surface area (Å²) in [6, 6.07) is 11.9. The van der Waals surface area contributed by atoms with Gasteiger partial charge in [-0.1, -0.05) is 19.1 Å². The topological polar surface area (TPSA) is 58.6 Å². The highest BCUT2D eigenvalue weighted by Gasteiger charge is 2.36. The van der Waals surface area contributed by atoms with Gasteiger partial charge in [0.2, 0.25) is 11.8 Å². The first-order valence-corrected chi connectivity index (χ1v) is 9.08. The Labute approximate surface area is 158 Å². The van der Waals surface area contributed by atoms with Crippen LogP contribution in [0.1, 0.15) is 25.3 Å². The lowest BCUT2D eigenvalue weighted by atomic mass is 10.1. The molecular weight excluding hydrogens is 347 g/mol. The number of nitrogens with zero attached hydrogens (tertiary/aromatic N) is 1. The van der Waals surface area contributed by atoms with E-state index in [1.54, 1.807) is 37.3 Å². The number of anilines is 2. The average molecular weight is 370 g/mol. The van der Waals surface area contributed by atoms with Crippen LogP contribution in [0.4, 0.5) is 15.8 Å². The van der Waals surface area contributed by atoms with Gasteiger partial charge in [0.15, 0.2) is 0 Å². The second-order valence-electron chi connectivity index (χ2n) is 6.73. The molecule has 1 fully saturated rings. The van der Waals surface area contributed by atoms with E-state index in [-0.39, 0.29) is 30.5 Å². The summed E-state index contributed by atoms with van der Waals surface area (Å²) in [5.74, 6) is -0.812. The van der Waals surface area contributed by atoms with Crippen molar-refractivity contribution in [2.24, 2.45) is 5.92 Å². The van der Waals surface area contributed by atoms with Gasteiger partial charge >= 0.3 is 0 Å². The van der Waals surface area contributed by atoms with E-state index < -0.39 is 11.7 Å². The predicted octanol–water partition coefficient (Wildman–Crippen LogP) is 3.91. The molecule has 1 aliphatic heterocycles. The largest absolute Gasteiger partial charge is 0.494 e. The maximum Gasteiger partial charge on any atom is 0.229 e. The Kier molecular flexibility index (Phi) is 5.74. The van der Waals surface area contributed by atoms with Gasteiger partial charge in [-0.05, 0) is 43.2 Å². The number of rotatable bonds is 6. The van der Waals surface area contributed by atoms with Crippen molar-refractivity contribution in [2.45, 2.75) is 26.7 Å². The van der Waals surface area contributed by atoms with Crippen LogP contribution in [-0.2, 0) is 9.59 Å². The second-order valence-corrected chi connectivity index (χ2v) is 6.73. The minimum Gasteiger partial charge on any atom is -0.494 e. The molecule has 142 valence electrons. The lowest BCUT2D eigenvalue weighted by Gasteiger charge is -2.18. The molecule has 3 rings (SSSR count). The highest BCUT2D eigenvalue weighted by Crippen LogP contribution is 2.29. The fourth-order valence-corrected chi connectivity index (χ4v) is 3.07. The van der Waals surface area contributed by atoms with E-state index >= 15 is 0 Å². The molecule has 2 aromatic carbocycles. The molecule has 0 radical (unpaired) electrons. The van der Waals surface area contributed by atoms with Crippen LogP contribution in [0, 0.1) is 18.7 Å². The summed E-state index contributed by atoms with van der Waals surface area (Å²) in [4.78, 5) is 26.2. The summed E-state index contributed by atoms with van der Waals surface area (Å²) in [6.07, 6.45) is 0.956. The molecule has 2 amide bonds. The average Bonchev–Trinajstić information content (AvgIpc) is 3.02. The minimum absolute atomic E-state index is 0.0607. The number of carbonyl (C=O) groups excluding carboxylic acids is 2. The van der Waals surface area contributed by atoms with Gasteiger partial charge in [-0.25, -0.2) is 4.39 Å². The van der Waals surface area contributed by atoms with E-state index in [0.717, 1.165) is 12.0 Å². The van der Waals surface area contributed by atoms with Crippen LogP contribution >= 0.6 is 0 Å². The molecule has 1 saturated heterocycles. The summed E-state index contributed by atoms with van der Waals surface area (Å²) in [6.45, 7) is 4.57. The van der Waals surface area contributed by atoms with Gasteiger partial charge in [0.25, 0.3) is 0 Å². The summed E-state index contributed by atoms with van der Waals surface area (Å²) >= 11 is 0. The zero-order chi connectivity index (χ0) is 19.4. The first kappa shape index (κ1) is 18.9. The molecule has 27 heavy (non-hydrogen) atoms. The first-order valence-electron chi connectivity index (χ1n) is 9.08. The summed E-state index contributed by atoms with van der Waals surface area (Å²) < 4.78 is 19.8. The number of amides is 2. The first-order chi connectivity index (χ1) is 13.0. The molecule has 0 aliphatic carbocycles. The molecule has 5 nitrogen and oxygen atoms in total. The molecule has 1 atom stereocenters. The zero-order valence-corrected chi connectivity index (χ0v) is 15.5. The maximum absolute atomic E-state index is 14.2. The van der Waals surface area contributed by atoms with E-state index in [0.29, 0.717) is 18.0 Å². The van der Waals surface area contributed by atoms with Crippen LogP contribution in [0.5, 0.6) is 5.75 Å². The normalized spacial score (nSPS) is 16.5. The van der Waals surface area contributed by atoms with E-state index in [4.69, 9.17) is 4.74 Å². The van der Waals surface area contributed by atoms with Crippen molar-refractivity contribution in [1.29, 1.82) is 0 Å². The SMILES string of the molecule is CCCOc1cccc(NC(=O)C2CC(=O)N(c3ccc(C)cc3F)C2)c1. The number of aryl methyl sites for hydroxylation is 1. The Morgan fingerprint density at radius 2 is 2.11 bits per heavy atom. The third-order valence-electron chi connectivity index (χ3n) is 4.46. The summed E-state index contributed by atoms with van der Waals surface area (Å²) in [5.41, 5.74) is 1.61. The van der Waals surface area contributed by atoms with Crippen molar-refractivity contribution in [2.75, 3.05) is 23.4 Å². The van der Waals surface area contributed by atoms with Crippen LogP contribution in [0.25, 0.3) is 0 Å². The Morgan fingerprint density at radius 3 is 2.85 bits per heavy atom. The standard InChI is InChI=1S/C21H23FN2O3/c1-3-9-27-17-6-4-5-16(12-17)23-21(26)15-11-20(25)24(13-15)19-8-7-14(2)10-18(19)22/h4-8,10,12,15H,3,9,11,13H2,1-2H3,(H,23,26). The van der Waals surface area contributed by atoms with Crippen LogP contribution in [0.2, 0.25) is 0 Å². The number of benzene rings is 2. The van der Waals surface area contributed by atoms with Crippen molar-refractivity contribution in [1.82, 2.24) is 0 Å². The molecule has 0 saturated carbocycles. The van der Waals surface area contributed by atoms with Crippen LogP contribution in [0.3, 0.4) is 0 Å². The van der Waals surface area contributed by atoms with Crippen LogP contribution in [0.15, 0.2) is 42.5 Å². The van der Waals surface area contributed by atoms with E-state index in [9.17, 15) is 14.0 Å². The van der Waals surface area contributed by atoms with E-state index in [2.05, 4.69) is 5.32 Å². The Hall–Kier alpha value is -2.89. The van der Waals surface area contributed by atoms with Crippen LogP contribution in [-0.4, -0.2) is 25.0 Å². The smallest absolute Gasteiger partial charge is 0.229 e. The Bertz CT molecular complexity index is 853. The Balaban J connectivity index is 1.67. The molecule has 1 aliphatic rings. The molecule has 1 unspecified atom stereocenters. The predicted molar refractivity (Wildman–Crippen MR) is 102 cm³/mol. The number of carbonyl (C=O) groups is 2. The van der Waals surface area contributed by atoms with Gasteiger partial charge in [0.05, 0.1) is 18.2 Å². The van der Waals surface area contributed by atoms with Crippen molar-refractivity contribution in [3.05, 3.63) is 53.8 Å². The second kappa shape index (κ2) is 8.20. The monoisotopic (exact) mass is 370 g/mol. The number of nitrogens with one attached hydrogen (secondary N) is 1. The van der Waals surface area contributed by atoms with Gasteiger partial charge < -0.3 is 15.0 Å². The third kappa shape index (κ3) is 4.45. The van der Waals surface area contributed by atoms with Crippen molar-refractivity contribution >= 4 is 23.2 Å². The molecule has 0 spiro atoms. The van der Waals surface area contributed by atoms with Gasteiger partial charge in [-0.2, -0.15) is 0 Å². The van der Waals surface area contributed by atoms with Gasteiger partial charge in [0, 0.05) is 24.7 Å². The molecular formula is C21H23FN2O3. The molecule has 1 heterocycles. The van der Waals surface area contributed by atoms with Gasteiger partial charge in [-0.15, -0.1) is 0 Å². The lowest BCUT2D eigenvalue weighted by Crippen LogP contribution is -2.28. The number of hydrogen-bond donors (Lipinski definition) is 1. The lowest BCUT2D eigenvalue weighted by molar-refractivity contribution is -0.122. The summed E-state index contributed by atoms with van der Waals surface area (Å²) in [7, 11) is 0. The number of halogens is 1. The van der Waals surface area contributed by atoms with Crippen molar-refractivity contribution < 1.29 is 18.7 Å². The molecule has 2 aromatic rings. The third-order valence-corrected chi connectivity index (χ3v) is 4.46. The van der Waals surface area contributed by atoms with E-state index in [1.807, 2.05) is 13.0 Å². The molecule has 0 bridgehead atoms. The highest BCUT2D eigenvalue weighted by molar-refractivity contribution is 6.03. The fraction of sp³-hybridized carbons (Fsp3) is 0.333. The molecule has 0 aromatic heterocycles. The fourth-order valence-electron chi connectivity index (χ4n) is 3.07. The minimum atomic E-state index is -0.529. The zero-order valence-electron chi connectivity index (χ0n) is 15.5. The summed E-state index contributed by atoms with van der Waals surface area (Å²) in [5, 5.41) is 2.83. The van der Waals surface area contributed by atoms with E-state index in [1.165, 1.54) is 11.0 Å². The number of ether oxygens (including phenoxy) is 1. The highest BCUT2D eigenvalue weighted by atomic mass is 19.1. The van der Waals surface area contributed by atoms with Gasteiger partial charge in [0.1, 0.15) is 11.6 Å². The quantitative estimate of drug-likeness (QED) is 0.839. The van der Waals surface area contributed by atoms with Gasteiger partial charge in [-0.3, -0.25) is 9.59 Å². The maximum atomic E-state index is 14.2. The Morgan fingerprint density at radius 1 is 1.30 bits per heavy atom.